The van der Waals surface area contributed by atoms with E-state index in [9.17, 15) is 9.90 Å². The number of aliphatic hydroxyl groups excluding tert-OH is 1. The van der Waals surface area contributed by atoms with Crippen molar-refractivity contribution in [3.63, 3.8) is 0 Å². The van der Waals surface area contributed by atoms with Crippen molar-refractivity contribution < 1.29 is 9.90 Å². The predicted molar refractivity (Wildman–Crippen MR) is 142 cm³/mol. The fourth-order valence-corrected chi connectivity index (χ4v) is 6.95. The van der Waals surface area contributed by atoms with Crippen molar-refractivity contribution in [2.75, 3.05) is 38.5 Å². The maximum absolute atomic E-state index is 12.2. The Morgan fingerprint density at radius 1 is 1.15 bits per heavy atom. The van der Waals surface area contributed by atoms with E-state index in [1.165, 1.54) is 12.0 Å². The minimum absolute atomic E-state index is 0.0892. The zero-order valence-electron chi connectivity index (χ0n) is 19.5. The first kappa shape index (κ1) is 23.9. The molecular weight excluding hydrogens is 464 g/mol. The first-order chi connectivity index (χ1) is 16.6. The quantitative estimate of drug-likeness (QED) is 0.310. The number of piperidine rings is 2. The van der Waals surface area contributed by atoms with Gasteiger partial charge in [-0.2, -0.15) is 11.3 Å². The van der Waals surface area contributed by atoms with Gasteiger partial charge in [0.15, 0.2) is 0 Å². The van der Waals surface area contributed by atoms with Crippen molar-refractivity contribution in [2.24, 2.45) is 5.73 Å². The van der Waals surface area contributed by atoms with E-state index >= 15 is 0 Å². The van der Waals surface area contributed by atoms with Gasteiger partial charge in [0, 0.05) is 43.5 Å². The Kier molecular flexibility index (Phi) is 7.61. The Hall–Kier alpha value is -1.84. The van der Waals surface area contributed by atoms with E-state index in [1.807, 2.05) is 18.0 Å². The average molecular weight is 499 g/mol. The summed E-state index contributed by atoms with van der Waals surface area (Å²) in [4.78, 5) is 18.0. The lowest BCUT2D eigenvalue weighted by molar-refractivity contribution is 0.0828. The smallest absolute Gasteiger partial charge is 0.250 e. The Morgan fingerprint density at radius 2 is 1.94 bits per heavy atom. The number of fused-ring (bicyclic) bond motifs is 1. The lowest BCUT2D eigenvalue weighted by atomic mass is 9.88. The summed E-state index contributed by atoms with van der Waals surface area (Å²) in [6, 6.07) is 6.22. The number of nitrogens with zero attached hydrogens (tertiary/aromatic N) is 2. The molecule has 2 saturated heterocycles. The van der Waals surface area contributed by atoms with Crippen LogP contribution in [0.4, 0.5) is 0 Å². The first-order valence-electron chi connectivity index (χ1n) is 12.3. The second-order valence-electron chi connectivity index (χ2n) is 9.53. The molecule has 0 atom stereocenters. The second kappa shape index (κ2) is 10.8. The second-order valence-corrected chi connectivity index (χ2v) is 11.5. The Labute approximate surface area is 209 Å². The first-order valence-corrected chi connectivity index (χ1v) is 14.2. The summed E-state index contributed by atoms with van der Waals surface area (Å²) in [7, 11) is 0. The number of benzene rings is 1. The van der Waals surface area contributed by atoms with E-state index in [0.29, 0.717) is 11.5 Å². The van der Waals surface area contributed by atoms with Crippen LogP contribution < -0.4 is 5.73 Å². The number of hydrogen-bond acceptors (Lipinski definition) is 6. The van der Waals surface area contributed by atoms with Crippen molar-refractivity contribution in [1.82, 2.24) is 14.2 Å². The molecule has 2 fully saturated rings. The van der Waals surface area contributed by atoms with Gasteiger partial charge in [0.05, 0.1) is 17.2 Å². The summed E-state index contributed by atoms with van der Waals surface area (Å²) in [5.74, 6) is 1.26. The number of likely N-dealkylation sites (tertiary alicyclic amines) is 1. The number of H-pyrrole nitrogens is 1. The van der Waals surface area contributed by atoms with E-state index in [2.05, 4.69) is 43.3 Å². The van der Waals surface area contributed by atoms with E-state index in [1.54, 1.807) is 11.3 Å². The number of nitrogens with two attached hydrogens (primary N) is 1. The van der Waals surface area contributed by atoms with Gasteiger partial charge in [-0.25, -0.2) is 0 Å². The molecule has 5 rings (SSSR count). The molecule has 2 aromatic heterocycles. The highest BCUT2D eigenvalue weighted by atomic mass is 32.2. The molecule has 0 unspecified atom stereocenters. The number of aliphatic hydroxyl groups is 1. The van der Waals surface area contributed by atoms with Crippen LogP contribution in [0.25, 0.3) is 22.0 Å². The zero-order chi connectivity index (χ0) is 23.5. The van der Waals surface area contributed by atoms with Crippen LogP contribution in [-0.2, 0) is 0 Å². The molecule has 8 heteroatoms. The molecule has 2 aliphatic heterocycles. The normalized spacial score (nSPS) is 19.2. The SMILES string of the molecule is NC(=O)c1cc(-c2ccsc2)cc2c(C3CCN(SCCCN4CCC(O)CC4)CC3)c[nH]c12. The molecule has 0 aliphatic carbocycles. The van der Waals surface area contributed by atoms with Gasteiger partial charge in [0.25, 0.3) is 5.91 Å². The number of primary amides is 1. The third-order valence-electron chi connectivity index (χ3n) is 7.28. The summed E-state index contributed by atoms with van der Waals surface area (Å²) in [5.41, 5.74) is 10.7. The Bertz CT molecular complexity index is 1100. The summed E-state index contributed by atoms with van der Waals surface area (Å²) >= 11 is 3.65. The Balaban J connectivity index is 1.19. The number of carbonyl (C=O) groups is 1. The van der Waals surface area contributed by atoms with Gasteiger partial charge in [0.1, 0.15) is 0 Å². The van der Waals surface area contributed by atoms with E-state index in [-0.39, 0.29) is 12.0 Å². The minimum Gasteiger partial charge on any atom is -0.393 e. The molecule has 0 radical (unpaired) electrons. The van der Waals surface area contributed by atoms with Gasteiger partial charge in [-0.15, -0.1) is 0 Å². The van der Waals surface area contributed by atoms with Crippen LogP contribution in [0.2, 0.25) is 0 Å². The van der Waals surface area contributed by atoms with Crippen molar-refractivity contribution in [2.45, 2.75) is 44.1 Å². The summed E-state index contributed by atoms with van der Waals surface area (Å²) in [5, 5.41) is 15.0. The van der Waals surface area contributed by atoms with Gasteiger partial charge < -0.3 is 20.7 Å². The fourth-order valence-electron chi connectivity index (χ4n) is 5.30. The number of carbonyl (C=O) groups excluding carboxylic acids is 1. The molecule has 34 heavy (non-hydrogen) atoms. The van der Waals surface area contributed by atoms with Crippen molar-refractivity contribution in [1.29, 1.82) is 0 Å². The van der Waals surface area contributed by atoms with Crippen LogP contribution in [0.5, 0.6) is 0 Å². The number of rotatable bonds is 8. The van der Waals surface area contributed by atoms with Crippen LogP contribution in [0.15, 0.2) is 35.2 Å². The van der Waals surface area contributed by atoms with E-state index in [0.717, 1.165) is 86.2 Å². The van der Waals surface area contributed by atoms with Crippen LogP contribution in [-0.4, -0.2) is 69.8 Å². The molecule has 4 heterocycles. The summed E-state index contributed by atoms with van der Waals surface area (Å²) < 4.78 is 2.52. The van der Waals surface area contributed by atoms with Crippen LogP contribution >= 0.6 is 23.3 Å². The average Bonchev–Trinajstić information content (AvgIpc) is 3.53. The van der Waals surface area contributed by atoms with Crippen LogP contribution in [0, 0.1) is 0 Å². The van der Waals surface area contributed by atoms with Gasteiger partial charge in [0.2, 0.25) is 0 Å². The van der Waals surface area contributed by atoms with Gasteiger partial charge in [-0.1, -0.05) is 11.9 Å². The van der Waals surface area contributed by atoms with Crippen molar-refractivity contribution in [3.05, 3.63) is 46.3 Å². The molecule has 6 nitrogen and oxygen atoms in total. The largest absolute Gasteiger partial charge is 0.393 e. The molecule has 1 aromatic carbocycles. The molecule has 3 aromatic rings. The highest BCUT2D eigenvalue weighted by Crippen LogP contribution is 2.38. The topological polar surface area (TPSA) is 85.6 Å². The summed E-state index contributed by atoms with van der Waals surface area (Å²) in [6.45, 7) is 5.39. The van der Waals surface area contributed by atoms with Crippen molar-refractivity contribution >= 4 is 40.1 Å². The predicted octanol–water partition coefficient (Wildman–Crippen LogP) is 4.67. The lowest BCUT2D eigenvalue weighted by Crippen LogP contribution is -2.36. The number of amides is 1. The highest BCUT2D eigenvalue weighted by molar-refractivity contribution is 7.97. The van der Waals surface area contributed by atoms with Crippen LogP contribution in [0.1, 0.15) is 53.9 Å². The number of hydrogen-bond donors (Lipinski definition) is 3. The monoisotopic (exact) mass is 498 g/mol. The standard InChI is InChI=1S/C26H34N4O2S2/c27-26(32)23-15-20(19-6-13-33-17-19)14-22-24(16-28-25(22)23)18-2-10-30(11-3-18)34-12-1-7-29-8-4-21(31)5-9-29/h6,13-18,21,28,31H,1-5,7-12H2,(H2,27,32). The number of aromatic amines is 1. The summed E-state index contributed by atoms with van der Waals surface area (Å²) in [6.07, 6.45) is 7.29. The number of aromatic nitrogens is 1. The van der Waals surface area contributed by atoms with Gasteiger partial charge in [-0.05, 0) is 90.2 Å². The highest BCUT2D eigenvalue weighted by Gasteiger charge is 2.25. The molecule has 2 aliphatic rings. The Morgan fingerprint density at radius 3 is 2.65 bits per heavy atom. The van der Waals surface area contributed by atoms with Gasteiger partial charge >= 0.3 is 0 Å². The molecule has 4 N–H and O–H groups in total. The molecular formula is C26H34N4O2S2. The van der Waals surface area contributed by atoms with E-state index < -0.39 is 0 Å². The molecule has 1 amide bonds. The van der Waals surface area contributed by atoms with Gasteiger partial charge in [-0.3, -0.25) is 9.10 Å². The minimum atomic E-state index is -0.387. The molecule has 0 bridgehead atoms. The molecule has 0 saturated carbocycles. The maximum atomic E-state index is 12.2. The van der Waals surface area contributed by atoms with Crippen LogP contribution in [0.3, 0.4) is 0 Å². The molecule has 182 valence electrons. The zero-order valence-corrected chi connectivity index (χ0v) is 21.2. The number of thiophene rings is 1. The number of nitrogens with one attached hydrogen (secondary N) is 1. The fraction of sp³-hybridized carbons (Fsp3) is 0.500. The lowest BCUT2D eigenvalue weighted by Gasteiger charge is -2.32. The van der Waals surface area contributed by atoms with Crippen molar-refractivity contribution in [3.8, 4) is 11.1 Å². The third kappa shape index (κ3) is 5.36. The third-order valence-corrected chi connectivity index (χ3v) is 9.17. The molecule has 0 spiro atoms. The van der Waals surface area contributed by atoms with E-state index in [4.69, 9.17) is 5.73 Å². The maximum Gasteiger partial charge on any atom is 0.250 e.